The highest BCUT2D eigenvalue weighted by atomic mass is 14.2. The van der Waals surface area contributed by atoms with Gasteiger partial charge in [-0.2, -0.15) is 0 Å². The fraction of sp³-hybridized carbons (Fsp3) is 0.700. The molecule has 1 radical (unpaired) electrons. The van der Waals surface area contributed by atoms with Gasteiger partial charge in [0.25, 0.3) is 0 Å². The zero-order valence-corrected chi connectivity index (χ0v) is 6.90. The molecular weight excluding hydrogens is 120 g/mol. The average molecular weight is 137 g/mol. The fourth-order valence-corrected chi connectivity index (χ4v) is 1.40. The molecule has 0 nitrogen and oxygen atoms in total. The van der Waals surface area contributed by atoms with E-state index >= 15 is 0 Å². The number of hydrogen-bond acceptors (Lipinski definition) is 0. The van der Waals surface area contributed by atoms with E-state index in [-0.39, 0.29) is 0 Å². The third-order valence-corrected chi connectivity index (χ3v) is 2.18. The summed E-state index contributed by atoms with van der Waals surface area (Å²) in [6.45, 7) is 6.43. The molecule has 0 aromatic carbocycles. The van der Waals surface area contributed by atoms with E-state index in [1.807, 2.05) is 0 Å². The van der Waals surface area contributed by atoms with E-state index in [9.17, 15) is 0 Å². The summed E-state index contributed by atoms with van der Waals surface area (Å²) >= 11 is 0. The Morgan fingerprint density at radius 2 is 2.10 bits per heavy atom. The van der Waals surface area contributed by atoms with Gasteiger partial charge in [-0.3, -0.25) is 0 Å². The van der Waals surface area contributed by atoms with E-state index in [1.165, 1.54) is 25.7 Å². The maximum Gasteiger partial charge on any atom is -0.0291 e. The minimum absolute atomic E-state index is 0.316. The zero-order chi connectivity index (χ0) is 7.45. The average Bonchev–Trinajstić information content (AvgIpc) is 1.81. The molecule has 57 valence electrons. The predicted octanol–water partition coefficient (Wildman–Crippen LogP) is 3.35. The summed E-state index contributed by atoms with van der Waals surface area (Å²) in [5.41, 5.74) is 0.316. The Balaban J connectivity index is 2.45. The summed E-state index contributed by atoms with van der Waals surface area (Å²) in [5.74, 6) is 0. The largest absolute Gasteiger partial charge is 0.0885 e. The van der Waals surface area contributed by atoms with Gasteiger partial charge in [-0.05, 0) is 38.0 Å². The van der Waals surface area contributed by atoms with Crippen LogP contribution in [0.2, 0.25) is 0 Å². The maximum absolute atomic E-state index is 4.18. The fourth-order valence-electron chi connectivity index (χ4n) is 1.40. The van der Waals surface area contributed by atoms with Crippen LogP contribution >= 0.6 is 0 Å². The van der Waals surface area contributed by atoms with Crippen molar-refractivity contribution >= 4 is 0 Å². The number of hydrogen-bond donors (Lipinski definition) is 0. The van der Waals surface area contributed by atoms with Crippen LogP contribution in [0.3, 0.4) is 0 Å². The molecule has 0 aromatic rings. The molecule has 1 aliphatic rings. The number of rotatable bonds is 0. The van der Waals surface area contributed by atoms with Crippen LogP contribution in [0.1, 0.15) is 39.0 Å². The summed E-state index contributed by atoms with van der Waals surface area (Å²) in [6, 6.07) is 0. The topological polar surface area (TPSA) is 0 Å². The van der Waals surface area contributed by atoms with Crippen molar-refractivity contribution in [2.75, 3.05) is 0 Å². The maximum atomic E-state index is 4.18. The van der Waals surface area contributed by atoms with E-state index in [0.717, 1.165) is 6.42 Å². The molecule has 1 aliphatic carbocycles. The van der Waals surface area contributed by atoms with Crippen molar-refractivity contribution in [2.45, 2.75) is 39.0 Å². The van der Waals surface area contributed by atoms with Crippen LogP contribution in [0.5, 0.6) is 0 Å². The minimum Gasteiger partial charge on any atom is -0.0885 e. The van der Waals surface area contributed by atoms with Crippen LogP contribution in [-0.4, -0.2) is 0 Å². The molecule has 0 N–H and O–H groups in total. The van der Waals surface area contributed by atoms with Crippen LogP contribution in [0.4, 0.5) is 0 Å². The summed E-state index contributed by atoms with van der Waals surface area (Å²) < 4.78 is 0. The van der Waals surface area contributed by atoms with Crippen LogP contribution in [0.25, 0.3) is 0 Å². The smallest absolute Gasteiger partial charge is 0.0291 e. The second-order valence-corrected chi connectivity index (χ2v) is 3.73. The third-order valence-electron chi connectivity index (χ3n) is 2.18. The number of allylic oxidation sites excluding steroid dienone is 2. The summed E-state index contributed by atoms with van der Waals surface area (Å²) in [7, 11) is 0. The van der Waals surface area contributed by atoms with E-state index in [4.69, 9.17) is 0 Å². The molecule has 0 spiro atoms. The Morgan fingerprint density at radius 3 is 2.90 bits per heavy atom. The van der Waals surface area contributed by atoms with Gasteiger partial charge in [-0.1, -0.05) is 25.5 Å². The van der Waals surface area contributed by atoms with Gasteiger partial charge in [0.1, 0.15) is 0 Å². The highest BCUT2D eigenvalue weighted by Gasteiger charge is 2.15. The molecular formula is C10H17. The van der Waals surface area contributed by atoms with Crippen molar-refractivity contribution in [3.8, 4) is 0 Å². The minimum atomic E-state index is 0.316. The normalized spacial score (nSPS) is 28.6. The lowest BCUT2D eigenvalue weighted by Crippen LogP contribution is -2.10. The van der Waals surface area contributed by atoms with E-state index in [1.54, 1.807) is 0 Å². The molecule has 0 amide bonds. The summed E-state index contributed by atoms with van der Waals surface area (Å²) in [5, 5.41) is 0. The van der Waals surface area contributed by atoms with Crippen molar-refractivity contribution in [3.63, 3.8) is 0 Å². The van der Waals surface area contributed by atoms with Crippen molar-refractivity contribution < 1.29 is 0 Å². The molecule has 1 atom stereocenters. The zero-order valence-electron chi connectivity index (χ0n) is 6.90. The van der Waals surface area contributed by atoms with Crippen molar-refractivity contribution in [1.29, 1.82) is 0 Å². The van der Waals surface area contributed by atoms with Gasteiger partial charge in [-0.15, -0.1) is 0 Å². The third kappa shape index (κ3) is 2.55. The summed E-state index contributed by atoms with van der Waals surface area (Å²) in [6.07, 6.45) is 11.0. The monoisotopic (exact) mass is 137 g/mol. The Hall–Kier alpha value is -0.260. The molecule has 0 aliphatic heterocycles. The molecule has 0 bridgehead atoms. The second-order valence-electron chi connectivity index (χ2n) is 3.73. The van der Waals surface area contributed by atoms with Crippen LogP contribution in [0, 0.1) is 12.3 Å². The van der Waals surface area contributed by atoms with Gasteiger partial charge >= 0.3 is 0 Å². The highest BCUT2D eigenvalue weighted by Crippen LogP contribution is 2.29. The first kappa shape index (κ1) is 7.84. The Bertz CT molecular complexity index is 120. The van der Waals surface area contributed by atoms with Gasteiger partial charge < -0.3 is 0 Å². The first-order valence-electron chi connectivity index (χ1n) is 4.21. The molecule has 1 unspecified atom stereocenters. The Kier molecular flexibility index (Phi) is 2.53. The first-order chi connectivity index (χ1) is 4.71. The molecule has 0 aromatic heterocycles. The molecule has 0 saturated heterocycles. The lowest BCUT2D eigenvalue weighted by molar-refractivity contribution is 0.368. The van der Waals surface area contributed by atoms with Crippen LogP contribution < -0.4 is 0 Å². The standard InChI is InChI=1S/C10H17/c1-10(2)8-6-4-3-5-7-9-10/h4,6H,1,3,5,7-9H2,2H3/b6-4-. The molecule has 10 heavy (non-hydrogen) atoms. The van der Waals surface area contributed by atoms with Gasteiger partial charge in [0.2, 0.25) is 0 Å². The van der Waals surface area contributed by atoms with Gasteiger partial charge in [0.15, 0.2) is 0 Å². The molecule has 0 heterocycles. The highest BCUT2D eigenvalue weighted by molar-refractivity contribution is 4.92. The lowest BCUT2D eigenvalue weighted by Gasteiger charge is -2.23. The van der Waals surface area contributed by atoms with Gasteiger partial charge in [-0.25, -0.2) is 0 Å². The predicted molar refractivity (Wildman–Crippen MR) is 45.7 cm³/mol. The van der Waals surface area contributed by atoms with Crippen LogP contribution in [-0.2, 0) is 0 Å². The molecule has 0 fully saturated rings. The van der Waals surface area contributed by atoms with Crippen molar-refractivity contribution in [3.05, 3.63) is 19.1 Å². The van der Waals surface area contributed by atoms with E-state index in [2.05, 4.69) is 26.0 Å². The first-order valence-corrected chi connectivity index (χ1v) is 4.21. The molecule has 0 saturated carbocycles. The second kappa shape index (κ2) is 3.23. The van der Waals surface area contributed by atoms with E-state index < -0.39 is 0 Å². The van der Waals surface area contributed by atoms with Crippen molar-refractivity contribution in [1.82, 2.24) is 0 Å². The SMILES string of the molecule is [CH2]C1(C)C/C=C\CCCC1. The van der Waals surface area contributed by atoms with Crippen molar-refractivity contribution in [2.24, 2.45) is 5.41 Å². The molecule has 0 heteroatoms. The van der Waals surface area contributed by atoms with Gasteiger partial charge in [0, 0.05) is 0 Å². The Labute approximate surface area is 64.3 Å². The lowest BCUT2D eigenvalue weighted by atomic mass is 9.82. The molecule has 1 rings (SSSR count). The quantitative estimate of drug-likeness (QED) is 0.449. The summed E-state index contributed by atoms with van der Waals surface area (Å²) in [4.78, 5) is 0. The van der Waals surface area contributed by atoms with Gasteiger partial charge in [0.05, 0.1) is 0 Å². The van der Waals surface area contributed by atoms with E-state index in [0.29, 0.717) is 5.41 Å². The van der Waals surface area contributed by atoms with Crippen LogP contribution in [0.15, 0.2) is 12.2 Å². The Morgan fingerprint density at radius 1 is 1.30 bits per heavy atom.